The highest BCUT2D eigenvalue weighted by molar-refractivity contribution is 7.53. The van der Waals surface area contributed by atoms with E-state index in [9.17, 15) is 25.0 Å². The first kappa shape index (κ1) is 19.2. The van der Waals surface area contributed by atoms with Crippen LogP contribution in [0.3, 0.4) is 0 Å². The van der Waals surface area contributed by atoms with Crippen molar-refractivity contribution in [1.29, 1.82) is 0 Å². The maximum atomic E-state index is 12.3. The van der Waals surface area contributed by atoms with Crippen molar-refractivity contribution in [2.24, 2.45) is 0 Å². The molecule has 0 aromatic carbocycles. The molecule has 0 aromatic rings. The molecule has 2 fully saturated rings. The smallest absolute Gasteiger partial charge is 0.336 e. The van der Waals surface area contributed by atoms with Gasteiger partial charge in [-0.3, -0.25) is 4.57 Å². The second-order valence-corrected chi connectivity index (χ2v) is 7.51. The zero-order valence-corrected chi connectivity index (χ0v) is 13.2. The number of hydrogen-bond acceptors (Lipinski definition) is 11. The summed E-state index contributed by atoms with van der Waals surface area (Å²) < 4.78 is 31.7. The summed E-state index contributed by atoms with van der Waals surface area (Å²) in [5.41, 5.74) is 0. The van der Waals surface area contributed by atoms with Crippen LogP contribution in [0.5, 0.6) is 0 Å². The molecule has 0 saturated carbocycles. The molecule has 0 aromatic heterocycles. The lowest BCUT2D eigenvalue weighted by Crippen LogP contribution is -2.36. The number of hydrogen-bond donors (Lipinski definition) is 6. The van der Waals surface area contributed by atoms with Crippen LogP contribution in [0.4, 0.5) is 0 Å². The molecule has 0 aliphatic carbocycles. The summed E-state index contributed by atoms with van der Waals surface area (Å²) in [6, 6.07) is 0. The number of aliphatic hydroxyl groups is 6. The fourth-order valence-electron chi connectivity index (χ4n) is 2.49. The first-order valence-corrected chi connectivity index (χ1v) is 8.88. The standard InChI is InChI=1S/C11H21O11P/c1-23(18,21-10(16)2-6(14)8(4-12)19-10)22-11(17)3-7(15)9(5-13)20-11/h6-9,12-17H,2-5H2,1H3/t6-,7-,8+,9+,10-,11-/m0/s1. The van der Waals surface area contributed by atoms with Crippen LogP contribution in [0.25, 0.3) is 0 Å². The first-order chi connectivity index (χ1) is 10.5. The van der Waals surface area contributed by atoms with Crippen molar-refractivity contribution in [3.8, 4) is 0 Å². The molecule has 0 amide bonds. The molecular formula is C11H21O11P. The summed E-state index contributed by atoms with van der Waals surface area (Å²) in [5.74, 6) is -4.97. The monoisotopic (exact) mass is 360 g/mol. The highest BCUT2D eigenvalue weighted by Crippen LogP contribution is 2.54. The van der Waals surface area contributed by atoms with Gasteiger partial charge in [0.2, 0.25) is 0 Å². The van der Waals surface area contributed by atoms with Gasteiger partial charge < -0.3 is 40.1 Å². The van der Waals surface area contributed by atoms with Crippen molar-refractivity contribution >= 4 is 7.60 Å². The Labute approximate surface area is 131 Å². The van der Waals surface area contributed by atoms with Crippen molar-refractivity contribution in [3.05, 3.63) is 0 Å². The predicted octanol–water partition coefficient (Wildman–Crippen LogP) is -2.58. The third-order valence-electron chi connectivity index (χ3n) is 3.44. The van der Waals surface area contributed by atoms with Gasteiger partial charge in [-0.25, -0.2) is 9.05 Å². The fraction of sp³-hybridized carbons (Fsp3) is 1.00. The maximum Gasteiger partial charge on any atom is 0.336 e. The summed E-state index contributed by atoms with van der Waals surface area (Å²) in [5, 5.41) is 57.1. The van der Waals surface area contributed by atoms with Crippen LogP contribution in [-0.2, 0) is 23.1 Å². The summed E-state index contributed by atoms with van der Waals surface area (Å²) in [6.07, 6.45) is -5.77. The highest BCUT2D eigenvalue weighted by Gasteiger charge is 2.53. The number of rotatable bonds is 6. The van der Waals surface area contributed by atoms with E-state index >= 15 is 0 Å². The molecule has 0 spiro atoms. The molecule has 0 bridgehead atoms. The van der Waals surface area contributed by atoms with E-state index in [4.69, 9.17) is 28.7 Å². The molecule has 12 heteroatoms. The predicted molar refractivity (Wildman–Crippen MR) is 70.8 cm³/mol. The lowest BCUT2D eigenvalue weighted by Gasteiger charge is -2.30. The van der Waals surface area contributed by atoms with E-state index in [0.717, 1.165) is 6.66 Å². The summed E-state index contributed by atoms with van der Waals surface area (Å²) >= 11 is 0. The van der Waals surface area contributed by atoms with E-state index in [1.165, 1.54) is 0 Å². The van der Waals surface area contributed by atoms with E-state index in [-0.39, 0.29) is 0 Å². The van der Waals surface area contributed by atoms with Gasteiger partial charge in [0.1, 0.15) is 12.2 Å². The Morgan fingerprint density at radius 1 is 1.00 bits per heavy atom. The Morgan fingerprint density at radius 3 is 1.61 bits per heavy atom. The van der Waals surface area contributed by atoms with Crippen LogP contribution in [0, 0.1) is 0 Å². The lowest BCUT2D eigenvalue weighted by molar-refractivity contribution is -0.336. The van der Waals surface area contributed by atoms with Crippen LogP contribution in [-0.4, -0.2) is 86.9 Å². The number of ether oxygens (including phenoxy) is 2. The SMILES string of the molecule is CP(=O)(O[C@]1(O)C[C@H](O)[C@@H](CO)O1)O[C@]1(O)C[C@H](O)[C@@H](CO)O1. The maximum absolute atomic E-state index is 12.3. The van der Waals surface area contributed by atoms with Crippen LogP contribution in [0.15, 0.2) is 0 Å². The van der Waals surface area contributed by atoms with Crippen LogP contribution < -0.4 is 0 Å². The third-order valence-corrected chi connectivity index (χ3v) is 4.67. The number of aliphatic hydroxyl groups excluding tert-OH is 4. The van der Waals surface area contributed by atoms with E-state index in [2.05, 4.69) is 0 Å². The first-order valence-electron chi connectivity index (χ1n) is 6.89. The Balaban J connectivity index is 2.01. The van der Waals surface area contributed by atoms with Gasteiger partial charge >= 0.3 is 7.60 Å². The van der Waals surface area contributed by atoms with Crippen molar-refractivity contribution in [2.75, 3.05) is 19.9 Å². The van der Waals surface area contributed by atoms with Gasteiger partial charge in [-0.1, -0.05) is 0 Å². The van der Waals surface area contributed by atoms with Gasteiger partial charge in [0.15, 0.2) is 0 Å². The van der Waals surface area contributed by atoms with Crippen molar-refractivity contribution in [2.45, 2.75) is 49.2 Å². The van der Waals surface area contributed by atoms with Crippen molar-refractivity contribution in [1.82, 2.24) is 0 Å². The second-order valence-electron chi connectivity index (χ2n) is 5.60. The summed E-state index contributed by atoms with van der Waals surface area (Å²) in [6.45, 7) is -0.286. The zero-order valence-electron chi connectivity index (χ0n) is 12.3. The molecule has 2 rings (SSSR count). The van der Waals surface area contributed by atoms with Crippen LogP contribution >= 0.6 is 7.60 Å². The van der Waals surface area contributed by atoms with Gasteiger partial charge in [0, 0.05) is 6.66 Å². The minimum atomic E-state index is -4.18. The minimum Gasteiger partial charge on any atom is -0.394 e. The fourth-order valence-corrected chi connectivity index (χ4v) is 3.80. The van der Waals surface area contributed by atoms with Gasteiger partial charge in [-0.15, -0.1) is 0 Å². The zero-order chi connectivity index (χ0) is 17.5. The Morgan fingerprint density at radius 2 is 1.35 bits per heavy atom. The summed E-state index contributed by atoms with van der Waals surface area (Å²) in [7, 11) is -4.18. The van der Waals surface area contributed by atoms with Crippen LogP contribution in [0.2, 0.25) is 0 Å². The van der Waals surface area contributed by atoms with E-state index in [1.54, 1.807) is 0 Å². The average molecular weight is 360 g/mol. The minimum absolute atomic E-state index is 0.499. The molecule has 6 atom stereocenters. The molecule has 11 nitrogen and oxygen atoms in total. The van der Waals surface area contributed by atoms with E-state index in [1.807, 2.05) is 0 Å². The van der Waals surface area contributed by atoms with E-state index < -0.39 is 70.0 Å². The Kier molecular flexibility index (Phi) is 5.51. The second kappa shape index (κ2) is 6.62. The van der Waals surface area contributed by atoms with Crippen LogP contribution in [0.1, 0.15) is 12.8 Å². The summed E-state index contributed by atoms with van der Waals surface area (Å²) in [4.78, 5) is 0. The van der Waals surface area contributed by atoms with Crippen molar-refractivity contribution in [3.63, 3.8) is 0 Å². The van der Waals surface area contributed by atoms with Gasteiger partial charge in [0.25, 0.3) is 11.9 Å². The molecule has 2 aliphatic rings. The molecule has 23 heavy (non-hydrogen) atoms. The van der Waals surface area contributed by atoms with Crippen molar-refractivity contribution < 1.29 is 53.7 Å². The van der Waals surface area contributed by atoms with E-state index in [0.29, 0.717) is 0 Å². The molecule has 136 valence electrons. The Hall–Kier alpha value is -0.170. The quantitative estimate of drug-likeness (QED) is 0.217. The molecule has 6 N–H and O–H groups in total. The molecule has 2 saturated heterocycles. The van der Waals surface area contributed by atoms with Gasteiger partial charge in [-0.05, 0) is 0 Å². The van der Waals surface area contributed by atoms with Gasteiger partial charge in [-0.2, -0.15) is 0 Å². The average Bonchev–Trinajstić information content (AvgIpc) is 2.83. The Bertz CT molecular complexity index is 437. The molecular weight excluding hydrogens is 339 g/mol. The normalized spacial score (nSPS) is 44.8. The molecule has 2 aliphatic heterocycles. The third kappa shape index (κ3) is 4.47. The molecule has 2 heterocycles. The highest BCUT2D eigenvalue weighted by atomic mass is 31.2. The largest absolute Gasteiger partial charge is 0.394 e. The molecule has 0 unspecified atom stereocenters. The topological polar surface area (TPSA) is 175 Å². The van der Waals surface area contributed by atoms with Gasteiger partial charge in [0.05, 0.1) is 38.3 Å². The lowest BCUT2D eigenvalue weighted by atomic mass is 10.2. The molecule has 0 radical (unpaired) electrons.